The van der Waals surface area contributed by atoms with Gasteiger partial charge in [-0.25, -0.2) is 9.59 Å². The van der Waals surface area contributed by atoms with Crippen LogP contribution in [-0.2, 0) is 11.3 Å². The molecule has 0 bridgehead atoms. The van der Waals surface area contributed by atoms with Gasteiger partial charge in [0.1, 0.15) is 5.54 Å². The van der Waals surface area contributed by atoms with Gasteiger partial charge in [0.2, 0.25) is 0 Å². The zero-order valence-electron chi connectivity index (χ0n) is 11.3. The largest absolute Gasteiger partial charge is 0.480 e. The smallest absolute Gasteiger partial charge is 0.328 e. The summed E-state index contributed by atoms with van der Waals surface area (Å²) < 4.78 is 0. The lowest BCUT2D eigenvalue weighted by Crippen LogP contribution is -2.49. The van der Waals surface area contributed by atoms with Crippen LogP contribution in [0, 0.1) is 0 Å². The maximum atomic E-state index is 11.9. The van der Waals surface area contributed by atoms with Crippen molar-refractivity contribution in [2.75, 3.05) is 0 Å². The molecule has 20 heavy (non-hydrogen) atoms. The van der Waals surface area contributed by atoms with Gasteiger partial charge >= 0.3 is 12.0 Å². The van der Waals surface area contributed by atoms with Gasteiger partial charge in [-0.1, -0.05) is 12.1 Å². The number of primary amides is 1. The van der Waals surface area contributed by atoms with Crippen LogP contribution in [0.15, 0.2) is 24.3 Å². The fourth-order valence-electron chi connectivity index (χ4n) is 1.37. The molecule has 0 saturated carbocycles. The summed E-state index contributed by atoms with van der Waals surface area (Å²) in [5.74, 6) is -1.60. The van der Waals surface area contributed by atoms with Crippen LogP contribution in [0.3, 0.4) is 0 Å². The number of aliphatic carboxylic acids is 1. The predicted octanol–water partition coefficient (Wildman–Crippen LogP) is 0.448. The molecule has 1 rings (SSSR count). The molecule has 0 atom stereocenters. The summed E-state index contributed by atoms with van der Waals surface area (Å²) in [5.41, 5.74) is 4.71. The third kappa shape index (κ3) is 4.27. The van der Waals surface area contributed by atoms with Crippen molar-refractivity contribution >= 4 is 17.9 Å². The highest BCUT2D eigenvalue weighted by atomic mass is 16.4. The van der Waals surface area contributed by atoms with E-state index in [1.54, 1.807) is 24.3 Å². The SMILES string of the molecule is CC(C)(NC(=O)c1ccc(CNC(N)=O)cc1)C(=O)O. The van der Waals surface area contributed by atoms with Crippen LogP contribution >= 0.6 is 0 Å². The van der Waals surface area contributed by atoms with Crippen molar-refractivity contribution in [3.63, 3.8) is 0 Å². The maximum absolute atomic E-state index is 11.9. The highest BCUT2D eigenvalue weighted by Crippen LogP contribution is 2.08. The van der Waals surface area contributed by atoms with Gasteiger partial charge in [-0.2, -0.15) is 0 Å². The molecule has 0 aliphatic rings. The van der Waals surface area contributed by atoms with Crippen LogP contribution in [0.25, 0.3) is 0 Å². The van der Waals surface area contributed by atoms with E-state index in [1.165, 1.54) is 13.8 Å². The number of carbonyl (C=O) groups excluding carboxylic acids is 2. The molecule has 108 valence electrons. The summed E-state index contributed by atoms with van der Waals surface area (Å²) in [6.45, 7) is 3.06. The molecule has 0 fully saturated rings. The number of benzene rings is 1. The zero-order valence-corrected chi connectivity index (χ0v) is 11.3. The molecule has 3 amide bonds. The second-order valence-corrected chi connectivity index (χ2v) is 4.80. The Labute approximate surface area is 116 Å². The molecule has 1 aromatic carbocycles. The summed E-state index contributed by atoms with van der Waals surface area (Å²) in [6.07, 6.45) is 0. The van der Waals surface area contributed by atoms with Gasteiger partial charge in [0, 0.05) is 12.1 Å². The summed E-state index contributed by atoms with van der Waals surface area (Å²) in [5, 5.41) is 13.8. The number of nitrogens with two attached hydrogens (primary N) is 1. The molecule has 0 aliphatic carbocycles. The number of nitrogens with one attached hydrogen (secondary N) is 2. The van der Waals surface area contributed by atoms with Crippen molar-refractivity contribution in [2.45, 2.75) is 25.9 Å². The molecule has 0 spiro atoms. The Morgan fingerprint density at radius 3 is 2.20 bits per heavy atom. The molecule has 1 aromatic rings. The van der Waals surface area contributed by atoms with Crippen molar-refractivity contribution in [2.24, 2.45) is 5.73 Å². The first-order chi connectivity index (χ1) is 9.22. The van der Waals surface area contributed by atoms with Crippen LogP contribution < -0.4 is 16.4 Å². The van der Waals surface area contributed by atoms with Gasteiger partial charge in [0.15, 0.2) is 0 Å². The standard InChI is InChI=1S/C13H17N3O4/c1-13(2,11(18)19)16-10(17)9-5-3-8(4-6-9)7-15-12(14)20/h3-6H,7H2,1-2H3,(H,16,17)(H,18,19)(H3,14,15,20). The highest BCUT2D eigenvalue weighted by molar-refractivity contribution is 5.97. The van der Waals surface area contributed by atoms with Crippen molar-refractivity contribution in [3.05, 3.63) is 35.4 Å². The van der Waals surface area contributed by atoms with Gasteiger partial charge in [-0.3, -0.25) is 4.79 Å². The Bertz CT molecular complexity index is 523. The number of amides is 3. The summed E-state index contributed by atoms with van der Waals surface area (Å²) in [6, 6.07) is 5.77. The lowest BCUT2D eigenvalue weighted by atomic mass is 10.0. The summed E-state index contributed by atoms with van der Waals surface area (Å²) in [7, 11) is 0. The van der Waals surface area contributed by atoms with Gasteiger partial charge in [-0.05, 0) is 31.5 Å². The molecular formula is C13H17N3O4. The van der Waals surface area contributed by atoms with Gasteiger partial charge in [0.25, 0.3) is 5.91 Å². The number of carboxylic acids is 1. The molecular weight excluding hydrogens is 262 g/mol. The Morgan fingerprint density at radius 2 is 1.75 bits per heavy atom. The average molecular weight is 279 g/mol. The van der Waals surface area contributed by atoms with Crippen LogP contribution in [-0.4, -0.2) is 28.6 Å². The normalized spacial score (nSPS) is 10.7. The van der Waals surface area contributed by atoms with Crippen molar-refractivity contribution in [1.29, 1.82) is 0 Å². The molecule has 0 unspecified atom stereocenters. The minimum Gasteiger partial charge on any atom is -0.480 e. The van der Waals surface area contributed by atoms with Crippen molar-refractivity contribution < 1.29 is 19.5 Å². The van der Waals surface area contributed by atoms with E-state index >= 15 is 0 Å². The van der Waals surface area contributed by atoms with Crippen molar-refractivity contribution in [1.82, 2.24) is 10.6 Å². The van der Waals surface area contributed by atoms with E-state index in [4.69, 9.17) is 10.8 Å². The molecule has 0 aliphatic heterocycles. The zero-order chi connectivity index (χ0) is 15.3. The quantitative estimate of drug-likeness (QED) is 0.625. The Balaban J connectivity index is 2.71. The third-order valence-electron chi connectivity index (χ3n) is 2.64. The second-order valence-electron chi connectivity index (χ2n) is 4.80. The second kappa shape index (κ2) is 6.05. The first-order valence-electron chi connectivity index (χ1n) is 5.90. The Kier molecular flexibility index (Phi) is 4.68. The van der Waals surface area contributed by atoms with E-state index in [9.17, 15) is 14.4 Å². The molecule has 0 heterocycles. The topological polar surface area (TPSA) is 122 Å². The molecule has 0 radical (unpaired) electrons. The van der Waals surface area contributed by atoms with E-state index in [1.807, 2.05) is 0 Å². The number of hydrogen-bond donors (Lipinski definition) is 4. The fourth-order valence-corrected chi connectivity index (χ4v) is 1.37. The predicted molar refractivity (Wildman–Crippen MR) is 72.0 cm³/mol. The number of rotatable bonds is 5. The maximum Gasteiger partial charge on any atom is 0.328 e. The lowest BCUT2D eigenvalue weighted by molar-refractivity contribution is -0.143. The molecule has 7 nitrogen and oxygen atoms in total. The van der Waals surface area contributed by atoms with E-state index in [0.29, 0.717) is 5.56 Å². The third-order valence-corrected chi connectivity index (χ3v) is 2.64. The van der Waals surface area contributed by atoms with Crippen molar-refractivity contribution in [3.8, 4) is 0 Å². The van der Waals surface area contributed by atoms with Crippen LogP contribution in [0.5, 0.6) is 0 Å². The number of hydrogen-bond acceptors (Lipinski definition) is 3. The monoisotopic (exact) mass is 279 g/mol. The first kappa shape index (κ1) is 15.5. The fraction of sp³-hybridized carbons (Fsp3) is 0.308. The summed E-state index contributed by atoms with van der Waals surface area (Å²) >= 11 is 0. The first-order valence-corrected chi connectivity index (χ1v) is 5.90. The molecule has 7 heteroatoms. The van der Waals surface area contributed by atoms with Gasteiger partial charge in [0.05, 0.1) is 0 Å². The van der Waals surface area contributed by atoms with E-state index in [2.05, 4.69) is 10.6 Å². The van der Waals surface area contributed by atoms with E-state index in [-0.39, 0.29) is 6.54 Å². The number of urea groups is 1. The Hall–Kier alpha value is -2.57. The summed E-state index contributed by atoms with van der Waals surface area (Å²) in [4.78, 5) is 33.4. The van der Waals surface area contributed by atoms with Crippen LogP contribution in [0.1, 0.15) is 29.8 Å². The van der Waals surface area contributed by atoms with Crippen LogP contribution in [0.2, 0.25) is 0 Å². The van der Waals surface area contributed by atoms with E-state index < -0.39 is 23.4 Å². The number of carbonyl (C=O) groups is 3. The highest BCUT2D eigenvalue weighted by Gasteiger charge is 2.29. The minimum atomic E-state index is -1.34. The number of carboxylic acid groups (broad SMARTS) is 1. The molecule has 0 saturated heterocycles. The Morgan fingerprint density at radius 1 is 1.20 bits per heavy atom. The van der Waals surface area contributed by atoms with Gasteiger partial charge < -0.3 is 21.5 Å². The van der Waals surface area contributed by atoms with E-state index in [0.717, 1.165) is 5.56 Å². The van der Waals surface area contributed by atoms with Gasteiger partial charge in [-0.15, -0.1) is 0 Å². The molecule has 5 N–H and O–H groups in total. The van der Waals surface area contributed by atoms with Crippen LogP contribution in [0.4, 0.5) is 4.79 Å². The minimum absolute atomic E-state index is 0.262. The lowest BCUT2D eigenvalue weighted by Gasteiger charge is -2.21. The molecule has 0 aromatic heterocycles. The average Bonchev–Trinajstić information content (AvgIpc) is 2.36.